The van der Waals surface area contributed by atoms with Gasteiger partial charge in [-0.1, -0.05) is 12.5 Å². The molecule has 0 saturated heterocycles. The van der Waals surface area contributed by atoms with Crippen LogP contribution in [0.2, 0.25) is 0 Å². The van der Waals surface area contributed by atoms with Gasteiger partial charge in [0.2, 0.25) is 0 Å². The van der Waals surface area contributed by atoms with E-state index < -0.39 is 0 Å². The fourth-order valence-electron chi connectivity index (χ4n) is 2.05. The van der Waals surface area contributed by atoms with Crippen molar-refractivity contribution < 1.29 is 9.13 Å². The van der Waals surface area contributed by atoms with Crippen LogP contribution in [0.15, 0.2) is 18.2 Å². The van der Waals surface area contributed by atoms with Gasteiger partial charge in [0.05, 0.1) is 7.11 Å². The quantitative estimate of drug-likeness (QED) is 0.888. The van der Waals surface area contributed by atoms with E-state index in [2.05, 4.69) is 0 Å². The largest absolute Gasteiger partial charge is 0.496 e. The Hall–Kier alpha value is -0.800. The maximum absolute atomic E-state index is 13.6. The highest BCUT2D eigenvalue weighted by Gasteiger charge is 2.29. The van der Waals surface area contributed by atoms with Gasteiger partial charge >= 0.3 is 0 Å². The lowest BCUT2D eigenvalue weighted by Gasteiger charge is -2.32. The molecule has 1 aliphatic carbocycles. The normalized spacial score (nSPS) is 17.2. The van der Waals surface area contributed by atoms with Crippen molar-refractivity contribution in [2.75, 3.05) is 7.11 Å². The molecule has 1 aromatic rings. The topological polar surface area (TPSA) is 35.2 Å². The first-order valence-corrected chi connectivity index (χ1v) is 5.32. The molecule has 1 fully saturated rings. The lowest BCUT2D eigenvalue weighted by Crippen LogP contribution is -2.28. The van der Waals surface area contributed by atoms with E-state index in [0.29, 0.717) is 17.2 Å². The monoisotopic (exact) mass is 245 g/mol. The number of hydrogen-bond donors (Lipinski definition) is 1. The van der Waals surface area contributed by atoms with Gasteiger partial charge in [0, 0.05) is 11.6 Å². The van der Waals surface area contributed by atoms with Crippen LogP contribution in [0, 0.1) is 11.7 Å². The maximum atomic E-state index is 13.6. The van der Waals surface area contributed by atoms with Gasteiger partial charge in [0.25, 0.3) is 0 Å². The van der Waals surface area contributed by atoms with Crippen LogP contribution < -0.4 is 10.5 Å². The highest BCUT2D eigenvalue weighted by atomic mass is 35.5. The first-order valence-electron chi connectivity index (χ1n) is 5.32. The Kier molecular flexibility index (Phi) is 4.56. The summed E-state index contributed by atoms with van der Waals surface area (Å²) in [4.78, 5) is 0. The van der Waals surface area contributed by atoms with Crippen molar-refractivity contribution in [1.29, 1.82) is 0 Å². The smallest absolute Gasteiger partial charge is 0.131 e. The fourth-order valence-corrected chi connectivity index (χ4v) is 2.05. The summed E-state index contributed by atoms with van der Waals surface area (Å²) in [6, 6.07) is 4.62. The number of methoxy groups -OCH3 is 1. The minimum Gasteiger partial charge on any atom is -0.496 e. The van der Waals surface area contributed by atoms with Gasteiger partial charge < -0.3 is 10.5 Å². The summed E-state index contributed by atoms with van der Waals surface area (Å²) in [5.74, 6) is 0.721. The number of hydrogen-bond acceptors (Lipinski definition) is 2. The predicted molar refractivity (Wildman–Crippen MR) is 64.5 cm³/mol. The second-order valence-corrected chi connectivity index (χ2v) is 4.07. The molecule has 2 rings (SSSR count). The average Bonchev–Trinajstić information content (AvgIpc) is 2.14. The molecule has 1 aliphatic rings. The Morgan fingerprint density at radius 1 is 1.44 bits per heavy atom. The van der Waals surface area contributed by atoms with Crippen LogP contribution in [0.1, 0.15) is 30.9 Å². The zero-order valence-corrected chi connectivity index (χ0v) is 10.1. The van der Waals surface area contributed by atoms with Crippen LogP contribution in [-0.4, -0.2) is 7.11 Å². The number of halogens is 2. The number of benzene rings is 1. The fraction of sp³-hybridized carbons (Fsp3) is 0.500. The van der Waals surface area contributed by atoms with Gasteiger partial charge in [-0.05, 0) is 30.9 Å². The molecule has 0 bridgehead atoms. The standard InChI is InChI=1S/C12H16FNO.ClH/c1-15-10-7-3-6-9(13)11(10)12(14)8-4-2-5-8;/h3,6-8,12H,2,4-5,14H2,1H3;1H/t12-;/m0./s1. The molecule has 2 N–H and O–H groups in total. The molecule has 0 radical (unpaired) electrons. The van der Waals surface area contributed by atoms with E-state index in [-0.39, 0.29) is 24.3 Å². The molecular weight excluding hydrogens is 229 g/mol. The first kappa shape index (κ1) is 13.3. The van der Waals surface area contributed by atoms with Crippen LogP contribution in [-0.2, 0) is 0 Å². The molecule has 0 unspecified atom stereocenters. The van der Waals surface area contributed by atoms with Crippen LogP contribution in [0.3, 0.4) is 0 Å². The summed E-state index contributed by atoms with van der Waals surface area (Å²) in [5, 5.41) is 0. The third kappa shape index (κ3) is 2.30. The average molecular weight is 246 g/mol. The third-order valence-corrected chi connectivity index (χ3v) is 3.22. The molecule has 16 heavy (non-hydrogen) atoms. The molecule has 1 atom stereocenters. The third-order valence-electron chi connectivity index (χ3n) is 3.22. The summed E-state index contributed by atoms with van der Waals surface area (Å²) in [6.45, 7) is 0. The Balaban J connectivity index is 0.00000128. The number of nitrogens with two attached hydrogens (primary N) is 1. The van der Waals surface area contributed by atoms with Crippen LogP contribution in [0.25, 0.3) is 0 Å². The second-order valence-electron chi connectivity index (χ2n) is 4.07. The minimum absolute atomic E-state index is 0. The zero-order valence-electron chi connectivity index (χ0n) is 9.28. The lowest BCUT2D eigenvalue weighted by atomic mass is 9.77. The number of rotatable bonds is 3. The molecule has 0 heterocycles. The number of ether oxygens (including phenoxy) is 1. The molecule has 0 aliphatic heterocycles. The SMILES string of the molecule is COc1cccc(F)c1[C@@H](N)C1CCC1.Cl. The summed E-state index contributed by atoms with van der Waals surface area (Å²) in [6.07, 6.45) is 3.40. The Morgan fingerprint density at radius 2 is 2.12 bits per heavy atom. The molecule has 0 aromatic heterocycles. The van der Waals surface area contributed by atoms with Gasteiger partial charge in [0.1, 0.15) is 11.6 Å². The van der Waals surface area contributed by atoms with E-state index in [1.54, 1.807) is 19.2 Å². The summed E-state index contributed by atoms with van der Waals surface area (Å²) in [5.41, 5.74) is 6.59. The van der Waals surface area contributed by atoms with Crippen LogP contribution in [0.5, 0.6) is 5.75 Å². The maximum Gasteiger partial charge on any atom is 0.131 e. The summed E-state index contributed by atoms with van der Waals surface area (Å²) >= 11 is 0. The van der Waals surface area contributed by atoms with E-state index in [1.165, 1.54) is 12.5 Å². The zero-order chi connectivity index (χ0) is 10.8. The van der Waals surface area contributed by atoms with E-state index >= 15 is 0 Å². The molecule has 1 aromatic carbocycles. The summed E-state index contributed by atoms with van der Waals surface area (Å²) < 4.78 is 18.8. The Morgan fingerprint density at radius 3 is 2.62 bits per heavy atom. The second kappa shape index (κ2) is 5.51. The van der Waals surface area contributed by atoms with Crippen LogP contribution in [0.4, 0.5) is 4.39 Å². The van der Waals surface area contributed by atoms with Crippen molar-refractivity contribution in [1.82, 2.24) is 0 Å². The van der Waals surface area contributed by atoms with Crippen molar-refractivity contribution in [2.45, 2.75) is 25.3 Å². The minimum atomic E-state index is -0.256. The van der Waals surface area contributed by atoms with E-state index in [9.17, 15) is 4.39 Å². The van der Waals surface area contributed by atoms with Gasteiger partial charge in [-0.3, -0.25) is 0 Å². The molecule has 0 amide bonds. The van der Waals surface area contributed by atoms with E-state index in [0.717, 1.165) is 12.8 Å². The molecule has 4 heteroatoms. The van der Waals surface area contributed by atoms with E-state index in [4.69, 9.17) is 10.5 Å². The van der Waals surface area contributed by atoms with E-state index in [1.807, 2.05) is 0 Å². The highest BCUT2D eigenvalue weighted by molar-refractivity contribution is 5.85. The molecule has 90 valence electrons. The Labute approximate surface area is 101 Å². The van der Waals surface area contributed by atoms with Gasteiger partial charge in [-0.25, -0.2) is 4.39 Å². The van der Waals surface area contributed by atoms with Crippen molar-refractivity contribution in [3.05, 3.63) is 29.6 Å². The lowest BCUT2D eigenvalue weighted by molar-refractivity contribution is 0.255. The van der Waals surface area contributed by atoms with Crippen LogP contribution >= 0.6 is 12.4 Å². The van der Waals surface area contributed by atoms with Crippen molar-refractivity contribution in [2.24, 2.45) is 11.7 Å². The molecular formula is C12H17ClFNO. The Bertz CT molecular complexity index is 355. The van der Waals surface area contributed by atoms with Crippen molar-refractivity contribution in [3.8, 4) is 5.75 Å². The van der Waals surface area contributed by atoms with Crippen molar-refractivity contribution in [3.63, 3.8) is 0 Å². The highest BCUT2D eigenvalue weighted by Crippen LogP contribution is 2.40. The van der Waals surface area contributed by atoms with Crippen molar-refractivity contribution >= 4 is 12.4 Å². The first-order chi connectivity index (χ1) is 7.24. The molecule has 2 nitrogen and oxygen atoms in total. The predicted octanol–water partition coefficient (Wildman–Crippen LogP) is 3.06. The van der Waals surface area contributed by atoms with Gasteiger partial charge in [-0.2, -0.15) is 0 Å². The molecule has 1 saturated carbocycles. The van der Waals surface area contributed by atoms with Gasteiger partial charge in [0.15, 0.2) is 0 Å². The van der Waals surface area contributed by atoms with Gasteiger partial charge in [-0.15, -0.1) is 12.4 Å². The molecule has 0 spiro atoms. The summed E-state index contributed by atoms with van der Waals surface area (Å²) in [7, 11) is 1.55.